The molecule has 0 saturated heterocycles. The van der Waals surface area contributed by atoms with Gasteiger partial charge in [-0.3, -0.25) is 14.3 Å². The molecule has 24 heavy (non-hydrogen) atoms. The standard InChI is InChI=1S/C19H18ClN3O/c1-19(2)8-7-17-22-16-9-12(15-6-4-13(20)10-21-15)3-5-14(16)18(24)23(17)11-19/h3-6,9-10H,7-8,11H2,1-2H3. The third-order valence-electron chi connectivity index (χ3n) is 4.67. The Hall–Kier alpha value is -2.20. The largest absolute Gasteiger partial charge is 0.296 e. The van der Waals surface area contributed by atoms with Gasteiger partial charge >= 0.3 is 0 Å². The van der Waals surface area contributed by atoms with E-state index in [-0.39, 0.29) is 11.0 Å². The van der Waals surface area contributed by atoms with Gasteiger partial charge in [0.05, 0.1) is 21.6 Å². The van der Waals surface area contributed by atoms with Gasteiger partial charge < -0.3 is 0 Å². The van der Waals surface area contributed by atoms with Gasteiger partial charge in [-0.2, -0.15) is 0 Å². The summed E-state index contributed by atoms with van der Waals surface area (Å²) < 4.78 is 1.84. The molecule has 0 atom stereocenters. The van der Waals surface area contributed by atoms with Crippen LogP contribution in [-0.2, 0) is 13.0 Å². The van der Waals surface area contributed by atoms with E-state index < -0.39 is 0 Å². The molecule has 2 aromatic heterocycles. The first-order chi connectivity index (χ1) is 11.4. The zero-order chi connectivity index (χ0) is 16.9. The molecule has 3 heterocycles. The fourth-order valence-electron chi connectivity index (χ4n) is 3.28. The quantitative estimate of drug-likeness (QED) is 0.671. The topological polar surface area (TPSA) is 47.8 Å². The SMILES string of the molecule is CC1(C)CCc2nc3cc(-c4ccc(Cl)cn4)ccc3c(=O)n2C1. The number of hydrogen-bond acceptors (Lipinski definition) is 3. The number of halogens is 1. The van der Waals surface area contributed by atoms with Crippen LogP contribution in [0.2, 0.25) is 5.02 Å². The predicted octanol–water partition coefficient (Wildman–Crippen LogP) is 4.08. The van der Waals surface area contributed by atoms with Gasteiger partial charge in [0.2, 0.25) is 0 Å². The summed E-state index contributed by atoms with van der Waals surface area (Å²) in [6, 6.07) is 9.39. The molecule has 0 unspecified atom stereocenters. The number of benzene rings is 1. The molecule has 0 aliphatic carbocycles. The van der Waals surface area contributed by atoms with Crippen LogP contribution in [0.3, 0.4) is 0 Å². The van der Waals surface area contributed by atoms with Crippen molar-refractivity contribution in [2.75, 3.05) is 0 Å². The normalized spacial score (nSPS) is 16.1. The highest BCUT2D eigenvalue weighted by atomic mass is 35.5. The van der Waals surface area contributed by atoms with Crippen molar-refractivity contribution in [3.8, 4) is 11.3 Å². The highest BCUT2D eigenvalue weighted by Crippen LogP contribution is 2.30. The Morgan fingerprint density at radius 1 is 1.21 bits per heavy atom. The monoisotopic (exact) mass is 339 g/mol. The van der Waals surface area contributed by atoms with Crippen molar-refractivity contribution in [1.29, 1.82) is 0 Å². The summed E-state index contributed by atoms with van der Waals surface area (Å²) in [6.07, 6.45) is 3.50. The van der Waals surface area contributed by atoms with Gasteiger partial charge in [0.15, 0.2) is 0 Å². The average Bonchev–Trinajstić information content (AvgIpc) is 2.56. The molecule has 0 amide bonds. The van der Waals surface area contributed by atoms with Gasteiger partial charge in [-0.15, -0.1) is 0 Å². The van der Waals surface area contributed by atoms with Crippen molar-refractivity contribution in [3.63, 3.8) is 0 Å². The Kier molecular flexibility index (Phi) is 3.46. The highest BCUT2D eigenvalue weighted by molar-refractivity contribution is 6.30. The number of rotatable bonds is 1. The first kappa shape index (κ1) is 15.3. The molecule has 0 radical (unpaired) electrons. The molecule has 1 aliphatic heterocycles. The van der Waals surface area contributed by atoms with Gasteiger partial charge in [0, 0.05) is 24.7 Å². The maximum Gasteiger partial charge on any atom is 0.261 e. The van der Waals surface area contributed by atoms with Gasteiger partial charge in [-0.25, -0.2) is 4.98 Å². The molecule has 4 rings (SSSR count). The van der Waals surface area contributed by atoms with Crippen molar-refractivity contribution in [2.24, 2.45) is 5.41 Å². The lowest BCUT2D eigenvalue weighted by Gasteiger charge is -2.31. The second-order valence-corrected chi connectivity index (χ2v) is 7.61. The third-order valence-corrected chi connectivity index (χ3v) is 4.89. The summed E-state index contributed by atoms with van der Waals surface area (Å²) in [5.74, 6) is 0.882. The second-order valence-electron chi connectivity index (χ2n) is 7.18. The lowest BCUT2D eigenvalue weighted by molar-refractivity contribution is 0.240. The molecular formula is C19H18ClN3O. The van der Waals surface area contributed by atoms with E-state index in [1.807, 2.05) is 34.9 Å². The number of pyridine rings is 1. The minimum absolute atomic E-state index is 0.0541. The maximum absolute atomic E-state index is 12.8. The molecule has 0 spiro atoms. The zero-order valence-electron chi connectivity index (χ0n) is 13.7. The first-order valence-electron chi connectivity index (χ1n) is 8.08. The minimum Gasteiger partial charge on any atom is -0.296 e. The number of hydrogen-bond donors (Lipinski definition) is 0. The van der Waals surface area contributed by atoms with Crippen LogP contribution in [-0.4, -0.2) is 14.5 Å². The maximum atomic E-state index is 12.8. The van der Waals surface area contributed by atoms with E-state index >= 15 is 0 Å². The van der Waals surface area contributed by atoms with Crippen molar-refractivity contribution in [2.45, 2.75) is 33.2 Å². The minimum atomic E-state index is 0.0541. The highest BCUT2D eigenvalue weighted by Gasteiger charge is 2.27. The average molecular weight is 340 g/mol. The van der Waals surface area contributed by atoms with Crippen molar-refractivity contribution < 1.29 is 0 Å². The van der Waals surface area contributed by atoms with E-state index in [2.05, 4.69) is 18.8 Å². The van der Waals surface area contributed by atoms with Gasteiger partial charge in [-0.05, 0) is 36.1 Å². The third kappa shape index (κ3) is 2.61. The number of aryl methyl sites for hydroxylation is 1. The lowest BCUT2D eigenvalue weighted by Crippen LogP contribution is -2.36. The summed E-state index contributed by atoms with van der Waals surface area (Å²) in [6.45, 7) is 5.12. The molecule has 0 saturated carbocycles. The molecular weight excluding hydrogens is 322 g/mol. The van der Waals surface area contributed by atoms with Crippen LogP contribution in [0.4, 0.5) is 0 Å². The summed E-state index contributed by atoms with van der Waals surface area (Å²) >= 11 is 5.90. The number of aromatic nitrogens is 3. The molecule has 4 nitrogen and oxygen atoms in total. The first-order valence-corrected chi connectivity index (χ1v) is 8.46. The molecule has 1 aliphatic rings. The smallest absolute Gasteiger partial charge is 0.261 e. The molecule has 1 aromatic carbocycles. The zero-order valence-corrected chi connectivity index (χ0v) is 14.5. The van der Waals surface area contributed by atoms with Crippen LogP contribution in [0.15, 0.2) is 41.3 Å². The summed E-state index contributed by atoms with van der Waals surface area (Å²) in [5, 5.41) is 1.27. The fraction of sp³-hybridized carbons (Fsp3) is 0.316. The van der Waals surface area contributed by atoms with E-state index in [1.54, 1.807) is 6.20 Å². The summed E-state index contributed by atoms with van der Waals surface area (Å²) in [5.41, 5.74) is 2.69. The fourth-order valence-corrected chi connectivity index (χ4v) is 3.40. The van der Waals surface area contributed by atoms with Crippen molar-refractivity contribution in [1.82, 2.24) is 14.5 Å². The van der Waals surface area contributed by atoms with Crippen LogP contribution >= 0.6 is 11.6 Å². The summed E-state index contributed by atoms with van der Waals surface area (Å²) in [7, 11) is 0. The molecule has 0 fully saturated rings. The predicted molar refractivity (Wildman–Crippen MR) is 96.3 cm³/mol. The summed E-state index contributed by atoms with van der Waals surface area (Å²) in [4.78, 5) is 21.9. The van der Waals surface area contributed by atoms with Crippen molar-refractivity contribution >= 4 is 22.5 Å². The molecule has 5 heteroatoms. The molecule has 0 bridgehead atoms. The van der Waals surface area contributed by atoms with Crippen molar-refractivity contribution in [3.05, 3.63) is 57.7 Å². The van der Waals surface area contributed by atoms with Gasteiger partial charge in [0.1, 0.15) is 5.82 Å². The number of fused-ring (bicyclic) bond motifs is 2. The van der Waals surface area contributed by atoms with Gasteiger partial charge in [-0.1, -0.05) is 31.5 Å². The van der Waals surface area contributed by atoms with E-state index in [0.717, 1.165) is 42.0 Å². The van der Waals surface area contributed by atoms with Crippen LogP contribution in [0.25, 0.3) is 22.2 Å². The molecule has 0 N–H and O–H groups in total. The van der Waals surface area contributed by atoms with E-state index in [9.17, 15) is 4.79 Å². The van der Waals surface area contributed by atoms with E-state index in [1.165, 1.54) is 0 Å². The Morgan fingerprint density at radius 3 is 2.79 bits per heavy atom. The number of nitrogens with zero attached hydrogens (tertiary/aromatic N) is 3. The Labute approximate surface area is 145 Å². The molecule has 3 aromatic rings. The second kappa shape index (κ2) is 5.42. The van der Waals surface area contributed by atoms with Crippen LogP contribution in [0.5, 0.6) is 0 Å². The Morgan fingerprint density at radius 2 is 2.04 bits per heavy atom. The van der Waals surface area contributed by atoms with Crippen LogP contribution in [0, 0.1) is 5.41 Å². The Balaban J connectivity index is 1.87. The van der Waals surface area contributed by atoms with E-state index in [0.29, 0.717) is 10.4 Å². The Bertz CT molecular complexity index is 990. The van der Waals surface area contributed by atoms with Crippen LogP contribution < -0.4 is 5.56 Å². The molecule has 122 valence electrons. The van der Waals surface area contributed by atoms with Crippen LogP contribution in [0.1, 0.15) is 26.1 Å². The lowest BCUT2D eigenvalue weighted by atomic mass is 9.85. The van der Waals surface area contributed by atoms with Gasteiger partial charge in [0.25, 0.3) is 5.56 Å². The van der Waals surface area contributed by atoms with E-state index in [4.69, 9.17) is 16.6 Å².